The lowest BCUT2D eigenvalue weighted by Crippen LogP contribution is -2.30. The number of benzene rings is 2. The molecule has 0 saturated carbocycles. The molecule has 1 aliphatic heterocycles. The van der Waals surface area contributed by atoms with E-state index in [0.717, 1.165) is 23.7 Å². The number of hydrogen-bond donors (Lipinski definition) is 1. The highest BCUT2D eigenvalue weighted by atomic mass is 79.9. The summed E-state index contributed by atoms with van der Waals surface area (Å²) in [6.45, 7) is 2.71. The van der Waals surface area contributed by atoms with Crippen molar-refractivity contribution >= 4 is 45.0 Å². The molecular weight excluding hydrogens is 574 g/mol. The maximum atomic E-state index is 13.2. The Morgan fingerprint density at radius 1 is 0.821 bits per heavy atom. The number of hydrogen-bond acceptors (Lipinski definition) is 3. The molecule has 6 heteroatoms. The van der Waals surface area contributed by atoms with Crippen molar-refractivity contribution in [3.63, 3.8) is 0 Å². The predicted octanol–water partition coefficient (Wildman–Crippen LogP) is 10.0. The zero-order chi connectivity index (χ0) is 28.0. The van der Waals surface area contributed by atoms with Crippen LogP contribution >= 0.6 is 27.5 Å². The molecule has 2 aromatic rings. The van der Waals surface area contributed by atoms with Gasteiger partial charge in [-0.1, -0.05) is 148 Å². The Hall–Kier alpha value is -2.11. The highest BCUT2D eigenvalue weighted by Gasteiger charge is 2.46. The van der Waals surface area contributed by atoms with Gasteiger partial charge in [0, 0.05) is 21.6 Å². The first-order chi connectivity index (χ1) is 19.0. The molecule has 1 unspecified atom stereocenters. The summed E-state index contributed by atoms with van der Waals surface area (Å²) < 4.78 is 0.775. The van der Waals surface area contributed by atoms with E-state index in [1.54, 1.807) is 29.2 Å². The molecular formula is C33H43BrClNO3. The van der Waals surface area contributed by atoms with Crippen LogP contribution in [0.5, 0.6) is 0 Å². The van der Waals surface area contributed by atoms with E-state index in [1.165, 1.54) is 70.6 Å². The Balaban J connectivity index is 1.54. The number of halogens is 2. The molecule has 0 aromatic heterocycles. The molecule has 3 rings (SSSR count). The Labute approximate surface area is 248 Å². The monoisotopic (exact) mass is 615 g/mol. The summed E-state index contributed by atoms with van der Waals surface area (Å²) >= 11 is 9.96. The van der Waals surface area contributed by atoms with Crippen LogP contribution < -0.4 is 0 Å². The van der Waals surface area contributed by atoms with Crippen LogP contribution in [-0.4, -0.2) is 28.2 Å². The number of likely N-dealkylation sites (tertiary alicyclic amines) is 1. The van der Waals surface area contributed by atoms with Crippen LogP contribution in [0.15, 0.2) is 58.6 Å². The standard InChI is InChI=1S/C33H43BrClNO3/c1-2-3-4-5-6-7-8-9-10-11-12-13-14-17-23-36-30(27-21-15-16-22-28(27)35)29(32(38)33(36)39)31(37)25-19-18-20-26(34)24-25/h15-16,18-22,24,30,37H,2-14,17,23H2,1H3. The molecule has 1 saturated heterocycles. The smallest absolute Gasteiger partial charge is 0.295 e. The second-order valence-corrected chi connectivity index (χ2v) is 11.9. The number of ketones is 1. The largest absolute Gasteiger partial charge is 0.507 e. The first-order valence-corrected chi connectivity index (χ1v) is 15.9. The molecule has 1 atom stereocenters. The van der Waals surface area contributed by atoms with E-state index in [1.807, 2.05) is 24.3 Å². The van der Waals surface area contributed by atoms with Crippen molar-refractivity contribution in [3.05, 3.63) is 74.7 Å². The van der Waals surface area contributed by atoms with Gasteiger partial charge in [-0.2, -0.15) is 0 Å². The molecule has 0 spiro atoms. The Kier molecular flexibility index (Phi) is 13.6. The molecule has 212 valence electrons. The van der Waals surface area contributed by atoms with Crippen LogP contribution in [0.25, 0.3) is 5.76 Å². The minimum atomic E-state index is -0.709. The fraction of sp³-hybridized carbons (Fsp3) is 0.515. The van der Waals surface area contributed by atoms with Gasteiger partial charge in [-0.15, -0.1) is 0 Å². The van der Waals surface area contributed by atoms with E-state index in [2.05, 4.69) is 22.9 Å². The van der Waals surface area contributed by atoms with Crippen molar-refractivity contribution in [2.45, 2.75) is 103 Å². The quantitative estimate of drug-likeness (QED) is 0.0833. The Bertz CT molecular complexity index is 1120. The van der Waals surface area contributed by atoms with Crippen LogP contribution in [-0.2, 0) is 9.59 Å². The van der Waals surface area contributed by atoms with Crippen LogP contribution in [0, 0.1) is 0 Å². The van der Waals surface area contributed by atoms with Crippen LogP contribution in [0.3, 0.4) is 0 Å². The minimum Gasteiger partial charge on any atom is -0.507 e. The van der Waals surface area contributed by atoms with Crippen molar-refractivity contribution in [2.24, 2.45) is 0 Å². The lowest BCUT2D eigenvalue weighted by molar-refractivity contribution is -0.139. The molecule has 0 radical (unpaired) electrons. The summed E-state index contributed by atoms with van der Waals surface area (Å²) in [6, 6.07) is 13.6. The van der Waals surface area contributed by atoms with Crippen molar-refractivity contribution in [3.8, 4) is 0 Å². The van der Waals surface area contributed by atoms with Gasteiger partial charge in [0.25, 0.3) is 11.7 Å². The van der Waals surface area contributed by atoms with Gasteiger partial charge in [0.2, 0.25) is 0 Å². The first-order valence-electron chi connectivity index (χ1n) is 14.7. The Morgan fingerprint density at radius 3 is 1.95 bits per heavy atom. The number of aliphatic hydroxyl groups excluding tert-OH is 1. The molecule has 1 fully saturated rings. The molecule has 0 bridgehead atoms. The molecule has 1 amide bonds. The molecule has 0 aliphatic carbocycles. The molecule has 1 heterocycles. The predicted molar refractivity (Wildman–Crippen MR) is 165 cm³/mol. The van der Waals surface area contributed by atoms with Gasteiger partial charge in [-0.25, -0.2) is 0 Å². The third kappa shape index (κ3) is 9.21. The van der Waals surface area contributed by atoms with Crippen molar-refractivity contribution in [1.82, 2.24) is 4.90 Å². The SMILES string of the molecule is CCCCCCCCCCCCCCCCN1C(=O)C(=O)C(=C(O)c2cccc(Br)c2)C1c1ccccc1Cl. The number of amides is 1. The van der Waals surface area contributed by atoms with E-state index in [4.69, 9.17) is 11.6 Å². The van der Waals surface area contributed by atoms with E-state index in [9.17, 15) is 14.7 Å². The zero-order valence-corrected chi connectivity index (χ0v) is 25.6. The van der Waals surface area contributed by atoms with Crippen LogP contribution in [0.1, 0.15) is 114 Å². The number of unbranched alkanes of at least 4 members (excludes halogenated alkanes) is 13. The van der Waals surface area contributed by atoms with E-state index in [-0.39, 0.29) is 11.3 Å². The summed E-state index contributed by atoms with van der Waals surface area (Å²) in [5.74, 6) is -1.42. The van der Waals surface area contributed by atoms with Crippen molar-refractivity contribution in [2.75, 3.05) is 6.54 Å². The summed E-state index contributed by atoms with van der Waals surface area (Å²) in [4.78, 5) is 27.9. The zero-order valence-electron chi connectivity index (χ0n) is 23.3. The molecule has 2 aromatic carbocycles. The molecule has 4 nitrogen and oxygen atoms in total. The van der Waals surface area contributed by atoms with Gasteiger partial charge in [0.15, 0.2) is 0 Å². The topological polar surface area (TPSA) is 57.6 Å². The number of aliphatic hydroxyl groups is 1. The van der Waals surface area contributed by atoms with Gasteiger partial charge in [0.1, 0.15) is 5.76 Å². The maximum absolute atomic E-state index is 13.2. The third-order valence-electron chi connectivity index (χ3n) is 7.59. The first kappa shape index (κ1) is 31.4. The normalized spacial score (nSPS) is 16.8. The van der Waals surface area contributed by atoms with Gasteiger partial charge >= 0.3 is 0 Å². The molecule has 1 N–H and O–H groups in total. The average molecular weight is 617 g/mol. The third-order valence-corrected chi connectivity index (χ3v) is 8.43. The second kappa shape index (κ2) is 16.9. The van der Waals surface area contributed by atoms with E-state index in [0.29, 0.717) is 22.7 Å². The van der Waals surface area contributed by atoms with Gasteiger partial charge < -0.3 is 10.0 Å². The van der Waals surface area contributed by atoms with Gasteiger partial charge in [-0.3, -0.25) is 9.59 Å². The highest BCUT2D eigenvalue weighted by Crippen LogP contribution is 2.42. The van der Waals surface area contributed by atoms with Crippen molar-refractivity contribution < 1.29 is 14.7 Å². The van der Waals surface area contributed by atoms with Crippen LogP contribution in [0.2, 0.25) is 5.02 Å². The number of carbonyl (C=O) groups excluding carboxylic acids is 2. The van der Waals surface area contributed by atoms with Gasteiger partial charge in [0.05, 0.1) is 11.6 Å². The van der Waals surface area contributed by atoms with Crippen LogP contribution in [0.4, 0.5) is 0 Å². The summed E-state index contributed by atoms with van der Waals surface area (Å²) in [5.41, 5.74) is 1.23. The number of nitrogens with zero attached hydrogens (tertiary/aromatic N) is 1. The van der Waals surface area contributed by atoms with Crippen molar-refractivity contribution in [1.29, 1.82) is 0 Å². The highest BCUT2D eigenvalue weighted by molar-refractivity contribution is 9.10. The summed E-state index contributed by atoms with van der Waals surface area (Å²) in [6.07, 6.45) is 17.6. The molecule has 1 aliphatic rings. The van der Waals surface area contributed by atoms with E-state index < -0.39 is 17.7 Å². The number of carbonyl (C=O) groups is 2. The van der Waals surface area contributed by atoms with E-state index >= 15 is 0 Å². The number of rotatable bonds is 17. The number of Topliss-reactive ketones (excluding diaryl/α,β-unsaturated/α-hetero) is 1. The fourth-order valence-electron chi connectivity index (χ4n) is 5.40. The summed E-state index contributed by atoms with van der Waals surface area (Å²) in [5, 5.41) is 11.7. The molecule has 39 heavy (non-hydrogen) atoms. The van der Waals surface area contributed by atoms with Gasteiger partial charge in [-0.05, 0) is 30.2 Å². The maximum Gasteiger partial charge on any atom is 0.295 e. The average Bonchev–Trinajstić information content (AvgIpc) is 3.18. The Morgan fingerprint density at radius 2 is 1.38 bits per heavy atom. The minimum absolute atomic E-state index is 0.0940. The summed E-state index contributed by atoms with van der Waals surface area (Å²) in [7, 11) is 0. The fourth-order valence-corrected chi connectivity index (χ4v) is 6.04. The lowest BCUT2D eigenvalue weighted by atomic mass is 9.95. The lowest BCUT2D eigenvalue weighted by Gasteiger charge is -2.26. The second-order valence-electron chi connectivity index (χ2n) is 10.6.